The summed E-state index contributed by atoms with van der Waals surface area (Å²) < 4.78 is 45.0. The summed E-state index contributed by atoms with van der Waals surface area (Å²) >= 11 is 0. The van der Waals surface area contributed by atoms with E-state index in [1.807, 2.05) is 0 Å². The summed E-state index contributed by atoms with van der Waals surface area (Å²) in [6, 6.07) is 0.778. The minimum Gasteiger partial charge on any atom is -0.466 e. The number of hydrogen-bond donors (Lipinski definition) is 0. The van der Waals surface area contributed by atoms with Crippen LogP contribution in [0.3, 0.4) is 0 Å². The molecule has 0 unspecified atom stereocenters. The summed E-state index contributed by atoms with van der Waals surface area (Å²) in [7, 11) is 0. The number of pyridine rings is 1. The van der Waals surface area contributed by atoms with E-state index in [0.717, 1.165) is 6.07 Å². The van der Waals surface area contributed by atoms with Crippen LogP contribution in [0.1, 0.15) is 18.3 Å². The first-order chi connectivity index (χ1) is 9.64. The molecule has 1 rings (SSSR count). The molecule has 10 heteroatoms. The number of rotatable bonds is 5. The van der Waals surface area contributed by atoms with Gasteiger partial charge < -0.3 is 9.47 Å². The third-order valence-corrected chi connectivity index (χ3v) is 2.18. The molecule has 0 fully saturated rings. The van der Waals surface area contributed by atoms with Crippen molar-refractivity contribution in [3.05, 3.63) is 27.6 Å². The van der Waals surface area contributed by atoms with Crippen molar-refractivity contribution in [2.45, 2.75) is 26.6 Å². The van der Waals surface area contributed by atoms with E-state index in [-0.39, 0.29) is 12.3 Å². The Labute approximate surface area is 116 Å². The Morgan fingerprint density at radius 2 is 2.10 bits per heavy atom. The topological polar surface area (TPSA) is 91.6 Å². The van der Waals surface area contributed by atoms with E-state index >= 15 is 0 Å². The lowest BCUT2D eigenvalue weighted by molar-refractivity contribution is -0.389. The lowest BCUT2D eigenvalue weighted by Gasteiger charge is -2.11. The molecule has 116 valence electrons. The molecule has 7 nitrogen and oxygen atoms in total. The third kappa shape index (κ3) is 4.89. The highest BCUT2D eigenvalue weighted by Crippen LogP contribution is 2.35. The molecule has 0 amide bonds. The summed E-state index contributed by atoms with van der Waals surface area (Å²) in [5.74, 6) is -1.85. The summed E-state index contributed by atoms with van der Waals surface area (Å²) in [5, 5.41) is 10.9. The van der Waals surface area contributed by atoms with Crippen LogP contribution in [0.25, 0.3) is 0 Å². The van der Waals surface area contributed by atoms with Gasteiger partial charge in [-0.3, -0.25) is 19.9 Å². The molecule has 0 aliphatic rings. The molecule has 1 heterocycles. The largest absolute Gasteiger partial charge is 0.573 e. The zero-order chi connectivity index (χ0) is 16.2. The van der Waals surface area contributed by atoms with Crippen molar-refractivity contribution in [3.63, 3.8) is 0 Å². The standard InChI is InChI=1S/C11H11F3N2O5/c1-3-20-9(17)5-7-10(16(18)19)8(4-6(2)15-7)21-11(12,13)14/h4H,3,5H2,1-2H3. The van der Waals surface area contributed by atoms with Crippen LogP contribution in [0, 0.1) is 17.0 Å². The van der Waals surface area contributed by atoms with Crippen LogP contribution >= 0.6 is 0 Å². The van der Waals surface area contributed by atoms with Crippen LogP contribution in [0.5, 0.6) is 5.75 Å². The summed E-state index contributed by atoms with van der Waals surface area (Å²) in [5.41, 5.74) is -1.41. The number of nitrogens with zero attached hydrogens (tertiary/aromatic N) is 2. The van der Waals surface area contributed by atoms with Gasteiger partial charge in [0.2, 0.25) is 5.75 Å². The van der Waals surface area contributed by atoms with Gasteiger partial charge >= 0.3 is 18.0 Å². The van der Waals surface area contributed by atoms with Crippen LogP contribution in [0.15, 0.2) is 6.07 Å². The number of aromatic nitrogens is 1. The second-order valence-corrected chi connectivity index (χ2v) is 3.84. The fourth-order valence-electron chi connectivity index (χ4n) is 1.57. The van der Waals surface area contributed by atoms with Gasteiger partial charge in [0.05, 0.1) is 18.0 Å². The summed E-state index contributed by atoms with van der Waals surface area (Å²) in [4.78, 5) is 24.9. The second-order valence-electron chi connectivity index (χ2n) is 3.84. The number of nitro groups is 1. The third-order valence-electron chi connectivity index (χ3n) is 2.18. The fraction of sp³-hybridized carbons (Fsp3) is 0.455. The van der Waals surface area contributed by atoms with E-state index < -0.39 is 40.8 Å². The monoisotopic (exact) mass is 308 g/mol. The maximum atomic E-state index is 12.3. The average Bonchev–Trinajstić information content (AvgIpc) is 2.24. The Morgan fingerprint density at radius 1 is 1.48 bits per heavy atom. The first kappa shape index (κ1) is 16.7. The number of aryl methyl sites for hydroxylation is 1. The summed E-state index contributed by atoms with van der Waals surface area (Å²) in [6.07, 6.45) is -5.72. The van der Waals surface area contributed by atoms with Gasteiger partial charge in [0, 0.05) is 11.8 Å². The predicted molar refractivity (Wildman–Crippen MR) is 62.6 cm³/mol. The zero-order valence-corrected chi connectivity index (χ0v) is 11.1. The van der Waals surface area contributed by atoms with Gasteiger partial charge in [0.15, 0.2) is 0 Å². The molecule has 0 saturated heterocycles. The molecule has 0 atom stereocenters. The quantitative estimate of drug-likeness (QED) is 0.471. The number of carbonyl (C=O) groups excluding carboxylic acids is 1. The average molecular weight is 308 g/mol. The van der Waals surface area contributed by atoms with Crippen LogP contribution in [0.2, 0.25) is 0 Å². The molecule has 0 spiro atoms. The molecular formula is C11H11F3N2O5. The van der Waals surface area contributed by atoms with E-state index in [1.165, 1.54) is 13.8 Å². The van der Waals surface area contributed by atoms with Gasteiger partial charge in [-0.15, -0.1) is 13.2 Å². The van der Waals surface area contributed by atoms with Gasteiger partial charge in [-0.2, -0.15) is 0 Å². The fourth-order valence-corrected chi connectivity index (χ4v) is 1.57. The van der Waals surface area contributed by atoms with Crippen molar-refractivity contribution in [1.82, 2.24) is 4.98 Å². The van der Waals surface area contributed by atoms with Crippen LogP contribution in [-0.4, -0.2) is 28.8 Å². The van der Waals surface area contributed by atoms with E-state index in [1.54, 1.807) is 0 Å². The normalized spacial score (nSPS) is 11.1. The van der Waals surface area contributed by atoms with Gasteiger partial charge in [-0.05, 0) is 13.8 Å². The lowest BCUT2D eigenvalue weighted by atomic mass is 10.2. The van der Waals surface area contributed by atoms with Crippen molar-refractivity contribution in [2.24, 2.45) is 0 Å². The number of hydrogen-bond acceptors (Lipinski definition) is 6. The van der Waals surface area contributed by atoms with Gasteiger partial charge in [0.25, 0.3) is 0 Å². The molecule has 0 N–H and O–H groups in total. The highest BCUT2D eigenvalue weighted by molar-refractivity contribution is 5.74. The van der Waals surface area contributed by atoms with Crippen LogP contribution in [-0.2, 0) is 16.0 Å². The van der Waals surface area contributed by atoms with Crippen LogP contribution < -0.4 is 4.74 Å². The highest BCUT2D eigenvalue weighted by Gasteiger charge is 2.36. The van der Waals surface area contributed by atoms with E-state index in [4.69, 9.17) is 0 Å². The minimum absolute atomic E-state index is 0.0321. The molecule has 21 heavy (non-hydrogen) atoms. The number of ether oxygens (including phenoxy) is 2. The Kier molecular flexibility index (Phi) is 5.06. The van der Waals surface area contributed by atoms with Gasteiger partial charge in [0.1, 0.15) is 5.69 Å². The van der Waals surface area contributed by atoms with E-state index in [9.17, 15) is 28.1 Å². The van der Waals surface area contributed by atoms with E-state index in [2.05, 4.69) is 14.5 Å². The highest BCUT2D eigenvalue weighted by atomic mass is 19.4. The SMILES string of the molecule is CCOC(=O)Cc1nc(C)cc(OC(F)(F)F)c1[N+](=O)[O-]. The van der Waals surface area contributed by atoms with E-state index in [0.29, 0.717) is 0 Å². The molecule has 0 aromatic carbocycles. The van der Waals surface area contributed by atoms with Gasteiger partial charge in [-0.25, -0.2) is 0 Å². The second kappa shape index (κ2) is 6.37. The molecular weight excluding hydrogens is 297 g/mol. The maximum absolute atomic E-state index is 12.3. The number of esters is 1. The van der Waals surface area contributed by atoms with Crippen molar-refractivity contribution >= 4 is 11.7 Å². The zero-order valence-electron chi connectivity index (χ0n) is 11.1. The Bertz CT molecular complexity index is 560. The van der Waals surface area contributed by atoms with Crippen LogP contribution in [0.4, 0.5) is 18.9 Å². The number of alkyl halides is 3. The smallest absolute Gasteiger partial charge is 0.466 e. The first-order valence-corrected chi connectivity index (χ1v) is 5.70. The minimum atomic E-state index is -5.10. The molecule has 0 aliphatic carbocycles. The van der Waals surface area contributed by atoms with Crippen molar-refractivity contribution < 1.29 is 32.4 Å². The molecule has 0 saturated carbocycles. The first-order valence-electron chi connectivity index (χ1n) is 5.70. The van der Waals surface area contributed by atoms with Crippen molar-refractivity contribution in [3.8, 4) is 5.75 Å². The van der Waals surface area contributed by atoms with Gasteiger partial charge in [-0.1, -0.05) is 0 Å². The number of carbonyl (C=O) groups is 1. The predicted octanol–water partition coefficient (Wildman–Crippen LogP) is 2.30. The van der Waals surface area contributed by atoms with Crippen molar-refractivity contribution in [1.29, 1.82) is 0 Å². The molecule has 0 radical (unpaired) electrons. The molecule has 1 aromatic rings. The maximum Gasteiger partial charge on any atom is 0.573 e. The Balaban J connectivity index is 3.29. The Morgan fingerprint density at radius 3 is 2.57 bits per heavy atom. The summed E-state index contributed by atoms with van der Waals surface area (Å²) in [6.45, 7) is 2.88. The number of halogens is 3. The molecule has 1 aromatic heterocycles. The lowest BCUT2D eigenvalue weighted by Crippen LogP contribution is -2.19. The van der Waals surface area contributed by atoms with Crippen molar-refractivity contribution in [2.75, 3.05) is 6.61 Å². The molecule has 0 aliphatic heterocycles. The molecule has 0 bridgehead atoms. The Hall–Kier alpha value is -2.39.